The highest BCUT2D eigenvalue weighted by Crippen LogP contribution is 2.39. The summed E-state index contributed by atoms with van der Waals surface area (Å²) in [5.41, 5.74) is 5.13. The van der Waals surface area contributed by atoms with Crippen molar-refractivity contribution in [1.29, 1.82) is 0 Å². The quantitative estimate of drug-likeness (QED) is 0.0862. The summed E-state index contributed by atoms with van der Waals surface area (Å²) in [5.74, 6) is 0.840. The molecule has 0 radical (unpaired) electrons. The average molecular weight is 974 g/mol. The van der Waals surface area contributed by atoms with Crippen LogP contribution in [-0.4, -0.2) is 72.8 Å². The first-order chi connectivity index (χ1) is 30.6. The molecule has 2 heterocycles. The number of hydrogen-bond donors (Lipinski definition) is 4. The van der Waals surface area contributed by atoms with Crippen molar-refractivity contribution in [2.24, 2.45) is 0 Å². The molecule has 8 rings (SSSR count). The molecule has 0 aliphatic rings. The minimum Gasteiger partial charge on any atom is -0.495 e. The number of aromatic nitrogens is 2. The van der Waals surface area contributed by atoms with Crippen LogP contribution in [0.5, 0.6) is 23.0 Å². The van der Waals surface area contributed by atoms with Gasteiger partial charge < -0.3 is 38.0 Å². The molecule has 0 amide bonds. The largest absolute Gasteiger partial charge is 0.495 e. The standard InChI is InChI=1S/C22H20N2O5S.C16H15BrN2O5S.C6H7BO2/c1-14-12-16(15-8-5-4-6-9-15)20-17(13-14)22(23-29-20)24-30(25,26)21-18(27-2)10-7-11-19(21)28-3;1-9-7-10-14(11(17)8-9)24-18-16(10)19-25(20,21)15-12(22-2)5-4-6-13(15)23-3;8-7(9)6-4-2-1-3-5-6/h4-13H,1-3H3,(H,23,24);4-8H,1-3H3,(H,18,19);1-5,8-9H. The fourth-order valence-corrected chi connectivity index (χ4v) is 9.77. The van der Waals surface area contributed by atoms with Crippen LogP contribution in [0.3, 0.4) is 0 Å². The number of nitrogens with one attached hydrogen (secondary N) is 2. The number of benzene rings is 6. The Kier molecular flexibility index (Phi) is 14.9. The molecule has 2 aromatic heterocycles. The molecule has 64 heavy (non-hydrogen) atoms. The Labute approximate surface area is 378 Å². The summed E-state index contributed by atoms with van der Waals surface area (Å²) in [7, 11) is -3.87. The van der Waals surface area contributed by atoms with Gasteiger partial charge in [0.1, 0.15) is 23.0 Å². The number of ether oxygens (including phenoxy) is 4. The molecule has 0 atom stereocenters. The van der Waals surface area contributed by atoms with Gasteiger partial charge in [-0.05, 0) is 100 Å². The lowest BCUT2D eigenvalue weighted by molar-refractivity contribution is 0.373. The first-order valence-corrected chi connectivity index (χ1v) is 22.8. The average Bonchev–Trinajstić information content (AvgIpc) is 3.88. The van der Waals surface area contributed by atoms with E-state index in [1.807, 2.05) is 68.4 Å². The highest BCUT2D eigenvalue weighted by molar-refractivity contribution is 9.10. The molecule has 0 aliphatic carbocycles. The van der Waals surface area contributed by atoms with Crippen molar-refractivity contribution in [2.45, 2.75) is 23.6 Å². The summed E-state index contributed by atoms with van der Waals surface area (Å²) >= 11 is 3.38. The van der Waals surface area contributed by atoms with Gasteiger partial charge in [-0.25, -0.2) is 16.8 Å². The lowest BCUT2D eigenvalue weighted by Gasteiger charge is -2.13. The molecular formula is C44H42BBrN4O12S2. The van der Waals surface area contributed by atoms with Crippen LogP contribution in [0.25, 0.3) is 33.1 Å². The predicted molar refractivity (Wildman–Crippen MR) is 248 cm³/mol. The second-order valence-corrected chi connectivity index (χ2v) is 17.8. The summed E-state index contributed by atoms with van der Waals surface area (Å²) in [5, 5.41) is 26.1. The zero-order valence-electron chi connectivity index (χ0n) is 35.2. The highest BCUT2D eigenvalue weighted by atomic mass is 79.9. The summed E-state index contributed by atoms with van der Waals surface area (Å²) in [6.45, 7) is 3.82. The number of sulfonamides is 2. The molecule has 0 unspecified atom stereocenters. The van der Waals surface area contributed by atoms with Gasteiger partial charge in [0, 0.05) is 5.56 Å². The van der Waals surface area contributed by atoms with Gasteiger partial charge in [-0.3, -0.25) is 9.44 Å². The zero-order chi connectivity index (χ0) is 46.2. The fourth-order valence-electron chi connectivity index (χ4n) is 6.45. The summed E-state index contributed by atoms with van der Waals surface area (Å²) in [6.07, 6.45) is 0. The number of aryl methyl sites for hydroxylation is 2. The number of nitrogens with zero attached hydrogens (tertiary/aromatic N) is 2. The maximum absolute atomic E-state index is 13.2. The Bertz CT molecular complexity index is 3070. The van der Waals surface area contributed by atoms with E-state index in [4.69, 9.17) is 38.0 Å². The highest BCUT2D eigenvalue weighted by Gasteiger charge is 2.29. The molecule has 16 nitrogen and oxygen atoms in total. The van der Waals surface area contributed by atoms with Crippen LogP contribution in [-0.2, 0) is 20.0 Å². The van der Waals surface area contributed by atoms with Gasteiger partial charge in [0.25, 0.3) is 20.0 Å². The first-order valence-electron chi connectivity index (χ1n) is 19.0. The monoisotopic (exact) mass is 972 g/mol. The third-order valence-electron chi connectivity index (χ3n) is 9.34. The van der Waals surface area contributed by atoms with E-state index in [-0.39, 0.29) is 44.4 Å². The third kappa shape index (κ3) is 10.4. The van der Waals surface area contributed by atoms with Crippen LogP contribution in [0.15, 0.2) is 145 Å². The Balaban J connectivity index is 0.000000180. The molecule has 0 aliphatic heterocycles. The van der Waals surface area contributed by atoms with E-state index in [0.29, 0.717) is 31.9 Å². The van der Waals surface area contributed by atoms with Gasteiger partial charge in [0.2, 0.25) is 0 Å². The second-order valence-electron chi connectivity index (χ2n) is 13.7. The van der Waals surface area contributed by atoms with E-state index in [0.717, 1.165) is 22.3 Å². The Morgan fingerprint density at radius 1 is 0.562 bits per heavy atom. The van der Waals surface area contributed by atoms with Gasteiger partial charge >= 0.3 is 7.12 Å². The maximum Gasteiger partial charge on any atom is 0.488 e. The number of fused-ring (bicyclic) bond motifs is 2. The van der Waals surface area contributed by atoms with Crippen LogP contribution in [0.1, 0.15) is 11.1 Å². The minimum atomic E-state index is -4.07. The van der Waals surface area contributed by atoms with Gasteiger partial charge in [0.15, 0.2) is 32.6 Å². The van der Waals surface area contributed by atoms with Crippen molar-refractivity contribution in [3.8, 4) is 34.1 Å². The molecule has 4 N–H and O–H groups in total. The molecule has 332 valence electrons. The molecule has 0 fully saturated rings. The SMILES string of the molecule is COc1cccc(OC)c1S(=O)(=O)Nc1noc2c(-c3ccccc3)cc(C)cc12.COc1cccc(OC)c1S(=O)(=O)Nc1noc2c(Br)cc(C)cc12.OB(O)c1ccccc1. The molecule has 6 aromatic carbocycles. The van der Waals surface area contributed by atoms with E-state index in [9.17, 15) is 16.8 Å². The summed E-state index contributed by atoms with van der Waals surface area (Å²) in [6, 6.07) is 35.3. The number of anilines is 2. The predicted octanol–water partition coefficient (Wildman–Crippen LogP) is 7.70. The van der Waals surface area contributed by atoms with Gasteiger partial charge in [-0.2, -0.15) is 0 Å². The molecule has 0 bridgehead atoms. The van der Waals surface area contributed by atoms with Gasteiger partial charge in [-0.15, -0.1) is 0 Å². The first kappa shape index (κ1) is 46.9. The lowest BCUT2D eigenvalue weighted by atomic mass is 9.81. The van der Waals surface area contributed by atoms with Crippen LogP contribution in [0.4, 0.5) is 11.6 Å². The van der Waals surface area contributed by atoms with Crippen molar-refractivity contribution in [2.75, 3.05) is 37.9 Å². The van der Waals surface area contributed by atoms with Crippen molar-refractivity contribution >= 4 is 82.1 Å². The van der Waals surface area contributed by atoms with Crippen molar-refractivity contribution in [3.05, 3.63) is 137 Å². The minimum absolute atomic E-state index is 0.0901. The molecule has 20 heteroatoms. The van der Waals surface area contributed by atoms with Crippen molar-refractivity contribution < 1.29 is 54.9 Å². The summed E-state index contributed by atoms with van der Waals surface area (Å²) < 4.78 is 89.4. The van der Waals surface area contributed by atoms with Crippen LogP contribution < -0.4 is 33.9 Å². The number of hydrogen-bond acceptors (Lipinski definition) is 14. The second kappa shape index (κ2) is 20.3. The maximum atomic E-state index is 13.2. The van der Waals surface area contributed by atoms with Crippen LogP contribution in [0, 0.1) is 13.8 Å². The molecule has 8 aromatic rings. The van der Waals surface area contributed by atoms with Crippen molar-refractivity contribution in [1.82, 2.24) is 10.3 Å². The smallest absolute Gasteiger partial charge is 0.488 e. The van der Waals surface area contributed by atoms with Gasteiger partial charge in [0.05, 0.1) is 43.7 Å². The van der Waals surface area contributed by atoms with E-state index < -0.39 is 27.2 Å². The third-order valence-corrected chi connectivity index (χ3v) is 12.7. The number of halogens is 1. The van der Waals surface area contributed by atoms with Gasteiger partial charge in [-0.1, -0.05) is 83.1 Å². The van der Waals surface area contributed by atoms with Crippen molar-refractivity contribution in [3.63, 3.8) is 0 Å². The normalized spacial score (nSPS) is 11.1. The van der Waals surface area contributed by atoms with E-state index in [1.54, 1.807) is 66.7 Å². The Hall–Kier alpha value is -6.58. The molecular weight excluding hydrogens is 931 g/mol. The van der Waals surface area contributed by atoms with E-state index in [2.05, 4.69) is 35.7 Å². The number of methoxy groups -OCH3 is 4. The molecule has 0 spiro atoms. The van der Waals surface area contributed by atoms with Crippen LogP contribution >= 0.6 is 15.9 Å². The number of rotatable bonds is 12. The molecule has 0 saturated heterocycles. The van der Waals surface area contributed by atoms with E-state index >= 15 is 0 Å². The molecule has 0 saturated carbocycles. The summed E-state index contributed by atoms with van der Waals surface area (Å²) in [4.78, 5) is -0.218. The zero-order valence-corrected chi connectivity index (χ0v) is 38.4. The Morgan fingerprint density at radius 3 is 1.39 bits per heavy atom. The van der Waals surface area contributed by atoms with E-state index in [1.165, 1.54) is 28.4 Å². The fraction of sp³-hybridized carbons (Fsp3) is 0.136. The van der Waals surface area contributed by atoms with Crippen LogP contribution in [0.2, 0.25) is 0 Å². The lowest BCUT2D eigenvalue weighted by Crippen LogP contribution is -2.29. The topological polar surface area (TPSA) is 222 Å². The Morgan fingerprint density at radius 2 is 0.969 bits per heavy atom.